The van der Waals surface area contributed by atoms with Gasteiger partial charge in [-0.15, -0.1) is 0 Å². The number of allylic oxidation sites excluding steroid dienone is 2. The second-order valence-corrected chi connectivity index (χ2v) is 7.51. The van der Waals surface area contributed by atoms with E-state index in [1.54, 1.807) is 0 Å². The lowest BCUT2D eigenvalue weighted by Crippen LogP contribution is -2.10. The van der Waals surface area contributed by atoms with Gasteiger partial charge in [-0.3, -0.25) is 0 Å². The predicted molar refractivity (Wildman–Crippen MR) is 91.2 cm³/mol. The molecule has 2 aromatic carbocycles. The zero-order chi connectivity index (χ0) is 15.6. The number of benzene rings is 2. The average Bonchev–Trinajstić information content (AvgIpc) is 2.49. The number of aryl methyl sites for hydroxylation is 1. The molecule has 0 spiro atoms. The first-order chi connectivity index (χ1) is 10.5. The van der Waals surface area contributed by atoms with Gasteiger partial charge in [-0.25, -0.2) is 8.42 Å². The van der Waals surface area contributed by atoms with Gasteiger partial charge < -0.3 is 0 Å². The Kier molecular flexibility index (Phi) is 3.99. The Balaban J connectivity index is 1.99. The van der Waals surface area contributed by atoms with Crippen LogP contribution in [0.25, 0.3) is 5.57 Å². The largest absolute Gasteiger partial charge is 0.224 e. The molecule has 3 rings (SSSR count). The van der Waals surface area contributed by atoms with Gasteiger partial charge in [0.25, 0.3) is 0 Å². The van der Waals surface area contributed by atoms with Crippen molar-refractivity contribution in [2.75, 3.05) is 5.75 Å². The Bertz CT molecular complexity index is 827. The van der Waals surface area contributed by atoms with Crippen molar-refractivity contribution in [3.63, 3.8) is 0 Å². The molecule has 0 radical (unpaired) electrons. The predicted octanol–water partition coefficient (Wildman–Crippen LogP) is 3.93. The van der Waals surface area contributed by atoms with Gasteiger partial charge in [0, 0.05) is 5.41 Å². The van der Waals surface area contributed by atoms with Crippen molar-refractivity contribution < 1.29 is 8.42 Å². The first-order valence-corrected chi connectivity index (χ1v) is 9.00. The summed E-state index contributed by atoms with van der Waals surface area (Å²) in [6.45, 7) is 2.05. The molecule has 0 N–H and O–H groups in total. The summed E-state index contributed by atoms with van der Waals surface area (Å²) in [5, 5.41) is 1.44. The fraction of sp³-hybridized carbons (Fsp3) is 0.158. The maximum Gasteiger partial charge on any atom is 0.175 e. The van der Waals surface area contributed by atoms with Crippen LogP contribution in [0.15, 0.2) is 71.7 Å². The van der Waals surface area contributed by atoms with Gasteiger partial charge >= 0.3 is 0 Å². The van der Waals surface area contributed by atoms with E-state index in [0.29, 0.717) is 6.42 Å². The highest BCUT2D eigenvalue weighted by Crippen LogP contribution is 2.30. The van der Waals surface area contributed by atoms with Crippen LogP contribution in [0.5, 0.6) is 0 Å². The molecule has 0 fully saturated rings. The highest BCUT2D eigenvalue weighted by molar-refractivity contribution is 7.94. The topological polar surface area (TPSA) is 34.1 Å². The van der Waals surface area contributed by atoms with Gasteiger partial charge in [-0.05, 0) is 35.6 Å². The van der Waals surface area contributed by atoms with E-state index in [4.69, 9.17) is 0 Å². The lowest BCUT2D eigenvalue weighted by Gasteiger charge is -2.17. The Labute approximate surface area is 131 Å². The maximum absolute atomic E-state index is 12.0. The number of hydrogen-bond acceptors (Lipinski definition) is 2. The van der Waals surface area contributed by atoms with E-state index in [0.717, 1.165) is 22.3 Å². The molecule has 0 aliphatic carbocycles. The number of sulfone groups is 1. The van der Waals surface area contributed by atoms with Gasteiger partial charge in [0.05, 0.1) is 5.75 Å². The summed E-state index contributed by atoms with van der Waals surface area (Å²) in [6, 6.07) is 18.2. The smallest absolute Gasteiger partial charge is 0.175 e. The van der Waals surface area contributed by atoms with Gasteiger partial charge in [0.15, 0.2) is 9.84 Å². The summed E-state index contributed by atoms with van der Waals surface area (Å²) in [4.78, 5) is 0. The summed E-state index contributed by atoms with van der Waals surface area (Å²) in [6.07, 6.45) is 2.46. The van der Waals surface area contributed by atoms with Crippen LogP contribution in [0.3, 0.4) is 0 Å². The molecule has 0 saturated carbocycles. The van der Waals surface area contributed by atoms with Crippen LogP contribution < -0.4 is 0 Å². The minimum Gasteiger partial charge on any atom is -0.224 e. The van der Waals surface area contributed by atoms with E-state index in [-0.39, 0.29) is 5.75 Å². The molecule has 1 aliphatic heterocycles. The molecule has 0 saturated heterocycles. The lowest BCUT2D eigenvalue weighted by molar-refractivity contribution is 0.607. The highest BCUT2D eigenvalue weighted by atomic mass is 32.2. The SMILES string of the molecule is Cc1ccc(C2=CCS(=O)(=O)C=C2Cc2ccccc2)cc1. The molecule has 3 heteroatoms. The molecule has 22 heavy (non-hydrogen) atoms. The van der Waals surface area contributed by atoms with E-state index in [2.05, 4.69) is 24.3 Å². The Morgan fingerprint density at radius 3 is 2.32 bits per heavy atom. The third kappa shape index (κ3) is 3.37. The molecular weight excluding hydrogens is 292 g/mol. The molecule has 1 heterocycles. The minimum atomic E-state index is -3.14. The van der Waals surface area contributed by atoms with Crippen LogP contribution in [0.2, 0.25) is 0 Å². The summed E-state index contributed by atoms with van der Waals surface area (Å²) in [5.41, 5.74) is 5.27. The highest BCUT2D eigenvalue weighted by Gasteiger charge is 2.19. The zero-order valence-electron chi connectivity index (χ0n) is 12.5. The molecule has 0 amide bonds. The van der Waals surface area contributed by atoms with Crippen molar-refractivity contribution in [2.45, 2.75) is 13.3 Å². The van der Waals surface area contributed by atoms with Crippen LogP contribution in [-0.2, 0) is 16.3 Å². The average molecular weight is 310 g/mol. The van der Waals surface area contributed by atoms with Crippen LogP contribution in [-0.4, -0.2) is 14.2 Å². The monoisotopic (exact) mass is 310 g/mol. The van der Waals surface area contributed by atoms with Crippen molar-refractivity contribution in [1.29, 1.82) is 0 Å². The van der Waals surface area contributed by atoms with Crippen molar-refractivity contribution in [3.05, 3.63) is 88.3 Å². The van der Waals surface area contributed by atoms with Crippen molar-refractivity contribution in [2.24, 2.45) is 0 Å². The van der Waals surface area contributed by atoms with E-state index in [9.17, 15) is 8.42 Å². The fourth-order valence-electron chi connectivity index (χ4n) is 2.65. The molecular formula is C19H18O2S. The van der Waals surface area contributed by atoms with Crippen LogP contribution >= 0.6 is 0 Å². The number of rotatable bonds is 3. The third-order valence-corrected chi connectivity index (χ3v) is 5.06. The Hall–Kier alpha value is -2.13. The molecule has 0 atom stereocenters. The van der Waals surface area contributed by atoms with Crippen molar-refractivity contribution >= 4 is 15.4 Å². The second-order valence-electron chi connectivity index (χ2n) is 5.62. The lowest BCUT2D eigenvalue weighted by atomic mass is 9.93. The first-order valence-electron chi connectivity index (χ1n) is 7.28. The van der Waals surface area contributed by atoms with Crippen molar-refractivity contribution in [3.8, 4) is 0 Å². The molecule has 1 aliphatic rings. The first kappa shape index (κ1) is 14.8. The molecule has 112 valence electrons. The molecule has 2 aromatic rings. The summed E-state index contributed by atoms with van der Waals surface area (Å²) in [7, 11) is -3.14. The van der Waals surface area contributed by atoms with Crippen LogP contribution in [0.1, 0.15) is 16.7 Å². The molecule has 0 aromatic heterocycles. The standard InChI is InChI=1S/C19H18O2S/c1-15-7-9-17(10-8-15)19-11-12-22(20,21)14-18(19)13-16-5-3-2-4-6-16/h2-11,14H,12-13H2,1H3. The molecule has 0 unspecified atom stereocenters. The van der Waals surface area contributed by atoms with Crippen LogP contribution in [0, 0.1) is 6.92 Å². The minimum absolute atomic E-state index is 0.0779. The summed E-state index contributed by atoms with van der Waals surface area (Å²) in [5.74, 6) is 0.0779. The number of hydrogen-bond donors (Lipinski definition) is 0. The van der Waals surface area contributed by atoms with Gasteiger partial charge in [-0.2, -0.15) is 0 Å². The quantitative estimate of drug-likeness (QED) is 0.860. The maximum atomic E-state index is 12.0. The van der Waals surface area contributed by atoms with Gasteiger partial charge in [0.2, 0.25) is 0 Å². The fourth-order valence-corrected chi connectivity index (χ4v) is 3.79. The van der Waals surface area contributed by atoms with Gasteiger partial charge in [-0.1, -0.05) is 66.2 Å². The summed E-state index contributed by atoms with van der Waals surface area (Å²) < 4.78 is 23.9. The van der Waals surface area contributed by atoms with Crippen LogP contribution in [0.4, 0.5) is 0 Å². The Morgan fingerprint density at radius 2 is 1.64 bits per heavy atom. The second kappa shape index (κ2) is 5.93. The zero-order valence-corrected chi connectivity index (χ0v) is 13.3. The molecule has 2 nitrogen and oxygen atoms in total. The van der Waals surface area contributed by atoms with E-state index in [1.807, 2.05) is 43.3 Å². The van der Waals surface area contributed by atoms with Crippen molar-refractivity contribution in [1.82, 2.24) is 0 Å². The van der Waals surface area contributed by atoms with E-state index < -0.39 is 9.84 Å². The van der Waals surface area contributed by atoms with E-state index in [1.165, 1.54) is 11.0 Å². The van der Waals surface area contributed by atoms with Gasteiger partial charge in [0.1, 0.15) is 0 Å². The Morgan fingerprint density at radius 1 is 0.955 bits per heavy atom. The normalized spacial score (nSPS) is 16.8. The molecule has 0 bridgehead atoms. The third-order valence-electron chi connectivity index (χ3n) is 3.79. The van der Waals surface area contributed by atoms with E-state index >= 15 is 0 Å². The summed E-state index contributed by atoms with van der Waals surface area (Å²) >= 11 is 0.